The highest BCUT2D eigenvalue weighted by atomic mass is 32.2. The van der Waals surface area contributed by atoms with Crippen molar-refractivity contribution in [2.45, 2.75) is 19.1 Å². The molecule has 0 radical (unpaired) electrons. The number of rotatable bonds is 5. The molecular weight excluding hydrogens is 240 g/mol. The fourth-order valence-corrected chi connectivity index (χ4v) is 1.57. The Morgan fingerprint density at radius 2 is 2.29 bits per heavy atom. The topological polar surface area (TPSA) is 79.3 Å². The SMILES string of the molecule is Cc1cc(NCC(C)S(C)=O)c(C(=O)O)cn1. The summed E-state index contributed by atoms with van der Waals surface area (Å²) in [7, 11) is -0.932. The van der Waals surface area contributed by atoms with Crippen molar-refractivity contribution in [3.63, 3.8) is 0 Å². The van der Waals surface area contributed by atoms with E-state index in [4.69, 9.17) is 5.11 Å². The van der Waals surface area contributed by atoms with Gasteiger partial charge in [-0.3, -0.25) is 9.19 Å². The summed E-state index contributed by atoms with van der Waals surface area (Å²) in [6.07, 6.45) is 2.95. The number of nitrogens with one attached hydrogen (secondary N) is 1. The van der Waals surface area contributed by atoms with Crippen LogP contribution >= 0.6 is 0 Å². The van der Waals surface area contributed by atoms with Crippen LogP contribution in [0.1, 0.15) is 23.0 Å². The smallest absolute Gasteiger partial charge is 0.339 e. The van der Waals surface area contributed by atoms with Crippen LogP contribution in [0.15, 0.2) is 12.3 Å². The van der Waals surface area contributed by atoms with Crippen LogP contribution in [0.3, 0.4) is 0 Å². The van der Waals surface area contributed by atoms with Gasteiger partial charge in [0.15, 0.2) is 0 Å². The van der Waals surface area contributed by atoms with Crippen LogP contribution in [-0.2, 0) is 10.8 Å². The fourth-order valence-electron chi connectivity index (χ4n) is 1.25. The molecule has 6 heteroatoms. The van der Waals surface area contributed by atoms with Gasteiger partial charge in [0, 0.05) is 40.7 Å². The number of hydrogen-bond donors (Lipinski definition) is 2. The molecule has 0 aliphatic rings. The van der Waals surface area contributed by atoms with E-state index in [1.54, 1.807) is 19.2 Å². The molecule has 0 fully saturated rings. The van der Waals surface area contributed by atoms with Gasteiger partial charge in [0.05, 0.1) is 5.69 Å². The van der Waals surface area contributed by atoms with E-state index in [2.05, 4.69) is 10.3 Å². The molecule has 0 saturated heterocycles. The van der Waals surface area contributed by atoms with Crippen molar-refractivity contribution in [2.24, 2.45) is 0 Å². The molecule has 0 aliphatic carbocycles. The van der Waals surface area contributed by atoms with Gasteiger partial charge < -0.3 is 10.4 Å². The second-order valence-corrected chi connectivity index (χ2v) is 5.67. The Bertz CT molecular complexity index is 448. The zero-order valence-corrected chi connectivity index (χ0v) is 10.9. The number of aromatic carboxylic acids is 1. The normalized spacial score (nSPS) is 14.1. The zero-order valence-electron chi connectivity index (χ0n) is 10.1. The first-order valence-corrected chi connectivity index (χ1v) is 6.80. The molecule has 1 aromatic rings. The van der Waals surface area contributed by atoms with Crippen molar-refractivity contribution in [2.75, 3.05) is 18.1 Å². The second kappa shape index (κ2) is 5.77. The minimum atomic E-state index is -1.02. The van der Waals surface area contributed by atoms with Crippen molar-refractivity contribution in [3.8, 4) is 0 Å². The first-order valence-electron chi connectivity index (χ1n) is 5.18. The number of aryl methyl sites for hydroxylation is 1. The molecule has 2 N–H and O–H groups in total. The summed E-state index contributed by atoms with van der Waals surface area (Å²) in [4.78, 5) is 14.9. The van der Waals surface area contributed by atoms with Gasteiger partial charge in [0.25, 0.3) is 0 Å². The van der Waals surface area contributed by atoms with E-state index in [0.717, 1.165) is 5.69 Å². The quantitative estimate of drug-likeness (QED) is 0.829. The number of pyridine rings is 1. The van der Waals surface area contributed by atoms with Crippen LogP contribution in [0.5, 0.6) is 0 Å². The highest BCUT2D eigenvalue weighted by Gasteiger charge is 2.12. The number of carboxylic acid groups (broad SMARTS) is 1. The van der Waals surface area contributed by atoms with Gasteiger partial charge in [0.1, 0.15) is 5.56 Å². The average Bonchev–Trinajstić information content (AvgIpc) is 2.25. The van der Waals surface area contributed by atoms with Gasteiger partial charge >= 0.3 is 5.97 Å². The lowest BCUT2D eigenvalue weighted by Crippen LogP contribution is -2.21. The zero-order chi connectivity index (χ0) is 13.0. The molecule has 94 valence electrons. The number of carboxylic acids is 1. The summed E-state index contributed by atoms with van der Waals surface area (Å²) >= 11 is 0. The molecule has 2 atom stereocenters. The predicted octanol–water partition coefficient (Wildman–Crippen LogP) is 1.27. The number of hydrogen-bond acceptors (Lipinski definition) is 4. The van der Waals surface area contributed by atoms with Gasteiger partial charge in [-0.2, -0.15) is 0 Å². The van der Waals surface area contributed by atoms with Gasteiger partial charge in [-0.25, -0.2) is 4.79 Å². The van der Waals surface area contributed by atoms with E-state index in [1.165, 1.54) is 6.20 Å². The van der Waals surface area contributed by atoms with E-state index < -0.39 is 16.8 Å². The predicted molar refractivity (Wildman–Crippen MR) is 68.0 cm³/mol. The Morgan fingerprint density at radius 1 is 1.65 bits per heavy atom. The minimum Gasteiger partial charge on any atom is -0.478 e. The number of carbonyl (C=O) groups is 1. The van der Waals surface area contributed by atoms with Crippen LogP contribution in [0.2, 0.25) is 0 Å². The van der Waals surface area contributed by atoms with E-state index in [1.807, 2.05) is 6.92 Å². The molecule has 2 unspecified atom stereocenters. The third-order valence-electron chi connectivity index (χ3n) is 2.42. The Hall–Kier alpha value is -1.43. The van der Waals surface area contributed by atoms with Crippen molar-refractivity contribution in [1.82, 2.24) is 4.98 Å². The number of aromatic nitrogens is 1. The van der Waals surface area contributed by atoms with Crippen molar-refractivity contribution in [1.29, 1.82) is 0 Å². The lowest BCUT2D eigenvalue weighted by atomic mass is 10.2. The first-order chi connectivity index (χ1) is 7.91. The Balaban J connectivity index is 2.85. The minimum absolute atomic E-state index is 0.0369. The van der Waals surface area contributed by atoms with Crippen LogP contribution in [0, 0.1) is 6.92 Å². The molecule has 0 aliphatic heterocycles. The van der Waals surface area contributed by atoms with Crippen molar-refractivity contribution >= 4 is 22.5 Å². The Morgan fingerprint density at radius 3 is 2.82 bits per heavy atom. The highest BCUT2D eigenvalue weighted by molar-refractivity contribution is 7.84. The molecule has 1 rings (SSSR count). The van der Waals surface area contributed by atoms with Crippen molar-refractivity contribution in [3.05, 3.63) is 23.5 Å². The van der Waals surface area contributed by atoms with E-state index in [9.17, 15) is 9.00 Å². The number of nitrogens with zero attached hydrogens (tertiary/aromatic N) is 1. The molecule has 1 aromatic heterocycles. The molecule has 0 bridgehead atoms. The summed E-state index contributed by atoms with van der Waals surface area (Å²) in [6, 6.07) is 1.68. The summed E-state index contributed by atoms with van der Waals surface area (Å²) < 4.78 is 11.2. The maximum atomic E-state index is 11.2. The molecule has 0 saturated carbocycles. The summed E-state index contributed by atoms with van der Waals surface area (Å²) in [6.45, 7) is 4.10. The Kier molecular flexibility index (Phi) is 4.62. The number of anilines is 1. The summed E-state index contributed by atoms with van der Waals surface area (Å²) in [5.41, 5.74) is 1.38. The van der Waals surface area contributed by atoms with Gasteiger partial charge in [-0.1, -0.05) is 0 Å². The molecule has 0 aromatic carbocycles. The van der Waals surface area contributed by atoms with Gasteiger partial charge in [-0.05, 0) is 19.9 Å². The van der Waals surface area contributed by atoms with Gasteiger partial charge in [0.2, 0.25) is 0 Å². The van der Waals surface area contributed by atoms with Gasteiger partial charge in [-0.15, -0.1) is 0 Å². The summed E-state index contributed by atoms with van der Waals surface area (Å²) in [5, 5.41) is 12.0. The standard InChI is InChI=1S/C11H16N2O3S/c1-7-4-10(9(6-12-7)11(14)15)13-5-8(2)17(3)16/h4,6,8H,5H2,1-3H3,(H,12,13)(H,14,15). The van der Waals surface area contributed by atoms with Crippen LogP contribution < -0.4 is 5.32 Å². The second-order valence-electron chi connectivity index (χ2n) is 3.87. The third-order valence-corrected chi connectivity index (χ3v) is 3.72. The molecule has 1 heterocycles. The molecule has 5 nitrogen and oxygen atoms in total. The Labute approximate surface area is 103 Å². The molecule has 0 spiro atoms. The summed E-state index contributed by atoms with van der Waals surface area (Å²) in [5.74, 6) is -1.02. The molecule has 17 heavy (non-hydrogen) atoms. The van der Waals surface area contributed by atoms with Crippen LogP contribution in [0.4, 0.5) is 5.69 Å². The van der Waals surface area contributed by atoms with Crippen LogP contribution in [0.25, 0.3) is 0 Å². The maximum Gasteiger partial charge on any atom is 0.339 e. The van der Waals surface area contributed by atoms with E-state index in [0.29, 0.717) is 12.2 Å². The maximum absolute atomic E-state index is 11.2. The lowest BCUT2D eigenvalue weighted by molar-refractivity contribution is 0.0697. The van der Waals surface area contributed by atoms with E-state index >= 15 is 0 Å². The highest BCUT2D eigenvalue weighted by Crippen LogP contribution is 2.15. The average molecular weight is 256 g/mol. The van der Waals surface area contributed by atoms with Crippen LogP contribution in [-0.4, -0.2) is 38.3 Å². The lowest BCUT2D eigenvalue weighted by Gasteiger charge is -2.13. The molecule has 0 amide bonds. The molecular formula is C11H16N2O3S. The third kappa shape index (κ3) is 3.81. The largest absolute Gasteiger partial charge is 0.478 e. The fraction of sp³-hybridized carbons (Fsp3) is 0.455. The monoisotopic (exact) mass is 256 g/mol. The van der Waals surface area contributed by atoms with E-state index in [-0.39, 0.29) is 10.8 Å². The van der Waals surface area contributed by atoms with Crippen molar-refractivity contribution < 1.29 is 14.1 Å². The first kappa shape index (κ1) is 13.6.